The minimum absolute atomic E-state index is 0.101. The van der Waals surface area contributed by atoms with Gasteiger partial charge in [0.1, 0.15) is 0 Å². The first kappa shape index (κ1) is 14.3. The summed E-state index contributed by atoms with van der Waals surface area (Å²) in [6.45, 7) is 2.18. The first-order valence-corrected chi connectivity index (χ1v) is 6.93. The van der Waals surface area contributed by atoms with Crippen LogP contribution in [0.5, 0.6) is 0 Å². The van der Waals surface area contributed by atoms with Crippen molar-refractivity contribution < 1.29 is 18.0 Å². The molecule has 0 aromatic carbocycles. The van der Waals surface area contributed by atoms with Crippen molar-refractivity contribution in [3.8, 4) is 0 Å². The van der Waals surface area contributed by atoms with Gasteiger partial charge in [0.2, 0.25) is 5.91 Å². The zero-order valence-electron chi connectivity index (χ0n) is 11.4. The van der Waals surface area contributed by atoms with E-state index in [0.29, 0.717) is 13.0 Å². The average Bonchev–Trinajstić information content (AvgIpc) is 2.75. The predicted molar refractivity (Wildman–Crippen MR) is 70.7 cm³/mol. The SMILES string of the molecule is O=C1CC2(CCNCC2)CN1c1cncc(C(F)(F)F)c1. The number of hydrogen-bond acceptors (Lipinski definition) is 3. The lowest BCUT2D eigenvalue weighted by atomic mass is 9.78. The number of nitrogens with zero attached hydrogens (tertiary/aromatic N) is 2. The molecule has 2 saturated heterocycles. The third-order valence-corrected chi connectivity index (χ3v) is 4.35. The first-order chi connectivity index (χ1) is 9.90. The Morgan fingerprint density at radius 3 is 2.62 bits per heavy atom. The zero-order chi connectivity index (χ0) is 15.1. The molecule has 1 aromatic heterocycles. The molecule has 2 fully saturated rings. The Hall–Kier alpha value is -1.63. The number of pyridine rings is 1. The van der Waals surface area contributed by atoms with E-state index in [0.717, 1.165) is 38.2 Å². The molecule has 3 heterocycles. The summed E-state index contributed by atoms with van der Waals surface area (Å²) in [7, 11) is 0. The number of hydrogen-bond donors (Lipinski definition) is 1. The Balaban J connectivity index is 1.86. The topological polar surface area (TPSA) is 45.2 Å². The Morgan fingerprint density at radius 1 is 1.24 bits per heavy atom. The van der Waals surface area contributed by atoms with Crippen LogP contribution in [0, 0.1) is 5.41 Å². The summed E-state index contributed by atoms with van der Waals surface area (Å²) in [6, 6.07) is 1.00. The van der Waals surface area contributed by atoms with Crippen molar-refractivity contribution >= 4 is 11.6 Å². The number of alkyl halides is 3. The highest BCUT2D eigenvalue weighted by molar-refractivity contribution is 5.96. The highest BCUT2D eigenvalue weighted by Gasteiger charge is 2.44. The molecule has 1 amide bonds. The van der Waals surface area contributed by atoms with Crippen LogP contribution in [0.2, 0.25) is 0 Å². The van der Waals surface area contributed by atoms with E-state index in [1.54, 1.807) is 0 Å². The molecule has 114 valence electrons. The molecule has 1 spiro atoms. The molecular weight excluding hydrogens is 283 g/mol. The van der Waals surface area contributed by atoms with Crippen LogP contribution >= 0.6 is 0 Å². The number of carbonyl (C=O) groups excluding carboxylic acids is 1. The van der Waals surface area contributed by atoms with Crippen molar-refractivity contribution in [1.82, 2.24) is 10.3 Å². The average molecular weight is 299 g/mol. The quantitative estimate of drug-likeness (QED) is 0.865. The second-order valence-electron chi connectivity index (χ2n) is 5.84. The zero-order valence-corrected chi connectivity index (χ0v) is 11.4. The molecule has 0 radical (unpaired) electrons. The molecule has 0 atom stereocenters. The van der Waals surface area contributed by atoms with Crippen molar-refractivity contribution in [1.29, 1.82) is 0 Å². The van der Waals surface area contributed by atoms with Gasteiger partial charge in [-0.3, -0.25) is 9.78 Å². The minimum Gasteiger partial charge on any atom is -0.317 e. The Morgan fingerprint density at radius 2 is 1.95 bits per heavy atom. The number of halogens is 3. The van der Waals surface area contributed by atoms with Crippen molar-refractivity contribution in [2.24, 2.45) is 5.41 Å². The summed E-state index contributed by atoms with van der Waals surface area (Å²) in [5.41, 5.74) is -0.680. The third kappa shape index (κ3) is 2.74. The van der Waals surface area contributed by atoms with Gasteiger partial charge in [-0.15, -0.1) is 0 Å². The van der Waals surface area contributed by atoms with E-state index in [1.807, 2.05) is 0 Å². The van der Waals surface area contributed by atoms with E-state index < -0.39 is 11.7 Å². The molecule has 0 unspecified atom stereocenters. The van der Waals surface area contributed by atoms with Crippen LogP contribution in [-0.2, 0) is 11.0 Å². The van der Waals surface area contributed by atoms with Crippen molar-refractivity contribution in [2.45, 2.75) is 25.4 Å². The summed E-state index contributed by atoms with van der Waals surface area (Å²) < 4.78 is 38.2. The van der Waals surface area contributed by atoms with E-state index in [1.165, 1.54) is 11.1 Å². The molecule has 21 heavy (non-hydrogen) atoms. The number of aromatic nitrogens is 1. The number of rotatable bonds is 1. The van der Waals surface area contributed by atoms with Crippen LogP contribution in [0.25, 0.3) is 0 Å². The van der Waals surface area contributed by atoms with E-state index in [-0.39, 0.29) is 17.0 Å². The van der Waals surface area contributed by atoms with Crippen LogP contribution in [0.1, 0.15) is 24.8 Å². The lowest BCUT2D eigenvalue weighted by molar-refractivity contribution is -0.137. The molecule has 2 aliphatic heterocycles. The number of amides is 1. The highest BCUT2D eigenvalue weighted by Crippen LogP contribution is 2.41. The maximum Gasteiger partial charge on any atom is 0.417 e. The fraction of sp³-hybridized carbons (Fsp3) is 0.571. The van der Waals surface area contributed by atoms with Crippen LogP contribution in [0.4, 0.5) is 18.9 Å². The third-order valence-electron chi connectivity index (χ3n) is 4.35. The molecular formula is C14H16F3N3O. The van der Waals surface area contributed by atoms with Crippen LogP contribution in [0.15, 0.2) is 18.5 Å². The van der Waals surface area contributed by atoms with Crippen LogP contribution in [0.3, 0.4) is 0 Å². The lowest BCUT2D eigenvalue weighted by Crippen LogP contribution is -2.38. The molecule has 0 saturated carbocycles. The van der Waals surface area contributed by atoms with Crippen molar-refractivity contribution in [2.75, 3.05) is 24.5 Å². The van der Waals surface area contributed by atoms with E-state index in [4.69, 9.17) is 0 Å². The first-order valence-electron chi connectivity index (χ1n) is 6.93. The van der Waals surface area contributed by atoms with E-state index >= 15 is 0 Å². The fourth-order valence-electron chi connectivity index (χ4n) is 3.15. The van der Waals surface area contributed by atoms with Gasteiger partial charge in [-0.1, -0.05) is 0 Å². The van der Waals surface area contributed by atoms with Gasteiger partial charge in [0, 0.05) is 19.2 Å². The summed E-state index contributed by atoms with van der Waals surface area (Å²) in [4.78, 5) is 17.3. The largest absolute Gasteiger partial charge is 0.417 e. The fourth-order valence-corrected chi connectivity index (χ4v) is 3.15. The molecule has 0 bridgehead atoms. The Labute approximate surface area is 120 Å². The van der Waals surface area contributed by atoms with Gasteiger partial charge in [0.05, 0.1) is 17.4 Å². The minimum atomic E-state index is -4.45. The Kier molecular flexibility index (Phi) is 3.39. The normalized spacial score (nSPS) is 22.0. The molecule has 3 rings (SSSR count). The van der Waals surface area contributed by atoms with Crippen LogP contribution < -0.4 is 10.2 Å². The summed E-state index contributed by atoms with van der Waals surface area (Å²) in [5, 5.41) is 3.24. The number of nitrogens with one attached hydrogen (secondary N) is 1. The van der Waals surface area contributed by atoms with Crippen molar-refractivity contribution in [3.05, 3.63) is 24.0 Å². The van der Waals surface area contributed by atoms with Gasteiger partial charge in [0.15, 0.2) is 0 Å². The number of carbonyl (C=O) groups is 1. The van der Waals surface area contributed by atoms with Gasteiger partial charge in [-0.05, 0) is 37.4 Å². The van der Waals surface area contributed by atoms with E-state index in [2.05, 4.69) is 10.3 Å². The predicted octanol–water partition coefficient (Wildman–Crippen LogP) is 2.21. The van der Waals surface area contributed by atoms with Gasteiger partial charge in [-0.25, -0.2) is 0 Å². The highest BCUT2D eigenvalue weighted by atomic mass is 19.4. The Bertz CT molecular complexity index is 553. The summed E-state index contributed by atoms with van der Waals surface area (Å²) in [6.07, 6.45) is -0.177. The number of piperidine rings is 1. The monoisotopic (exact) mass is 299 g/mol. The molecule has 4 nitrogen and oxygen atoms in total. The molecule has 7 heteroatoms. The second-order valence-corrected chi connectivity index (χ2v) is 5.84. The molecule has 1 N–H and O–H groups in total. The molecule has 2 aliphatic rings. The standard InChI is InChI=1S/C14H16F3N3O/c15-14(16,17)10-5-11(8-19-7-10)20-9-13(6-12(20)21)1-3-18-4-2-13/h5,7-8,18H,1-4,6,9H2. The second kappa shape index (κ2) is 4.98. The maximum absolute atomic E-state index is 12.7. The summed E-state index contributed by atoms with van der Waals surface area (Å²) in [5.74, 6) is -0.113. The van der Waals surface area contributed by atoms with Gasteiger partial charge >= 0.3 is 6.18 Å². The maximum atomic E-state index is 12.7. The van der Waals surface area contributed by atoms with Gasteiger partial charge in [-0.2, -0.15) is 13.2 Å². The molecule has 0 aliphatic carbocycles. The van der Waals surface area contributed by atoms with E-state index in [9.17, 15) is 18.0 Å². The van der Waals surface area contributed by atoms with Gasteiger partial charge in [0.25, 0.3) is 0 Å². The lowest BCUT2D eigenvalue weighted by Gasteiger charge is -2.33. The summed E-state index contributed by atoms with van der Waals surface area (Å²) >= 11 is 0. The smallest absolute Gasteiger partial charge is 0.317 e. The van der Waals surface area contributed by atoms with Gasteiger partial charge < -0.3 is 10.2 Å². The van der Waals surface area contributed by atoms with Crippen molar-refractivity contribution in [3.63, 3.8) is 0 Å². The van der Waals surface area contributed by atoms with Crippen LogP contribution in [-0.4, -0.2) is 30.5 Å². The molecule has 1 aromatic rings. The number of anilines is 1.